The van der Waals surface area contributed by atoms with Crippen LogP contribution in [-0.4, -0.2) is 55.0 Å². The van der Waals surface area contributed by atoms with Gasteiger partial charge in [-0.2, -0.15) is 0 Å². The van der Waals surface area contributed by atoms with Crippen molar-refractivity contribution in [1.82, 2.24) is 15.1 Å². The van der Waals surface area contributed by atoms with E-state index in [0.29, 0.717) is 32.1 Å². The lowest BCUT2D eigenvalue weighted by Crippen LogP contribution is -2.59. The van der Waals surface area contributed by atoms with Gasteiger partial charge in [0.1, 0.15) is 5.75 Å². The molecule has 174 valence electrons. The Morgan fingerprint density at radius 1 is 1.00 bits per heavy atom. The first-order valence-corrected chi connectivity index (χ1v) is 12.4. The van der Waals surface area contributed by atoms with Crippen LogP contribution in [0.25, 0.3) is 0 Å². The van der Waals surface area contributed by atoms with Crippen LogP contribution in [0.2, 0.25) is 0 Å². The third-order valence-corrected chi connectivity index (χ3v) is 8.54. The summed E-state index contributed by atoms with van der Waals surface area (Å²) in [5, 5.41) is 3.12. The number of carbonyl (C=O) groups is 2. The average Bonchev–Trinajstić information content (AvgIpc) is 2.77. The van der Waals surface area contributed by atoms with Crippen molar-refractivity contribution in [1.29, 1.82) is 0 Å². The second-order valence-electron chi connectivity index (χ2n) is 10.9. The van der Waals surface area contributed by atoms with E-state index in [1.54, 1.807) is 7.11 Å². The Morgan fingerprint density at radius 3 is 2.12 bits per heavy atom. The van der Waals surface area contributed by atoms with Gasteiger partial charge in [0.25, 0.3) is 0 Å². The lowest BCUT2D eigenvalue weighted by molar-refractivity contribution is -0.159. The molecule has 3 amide bonds. The zero-order chi connectivity index (χ0) is 22.5. The van der Waals surface area contributed by atoms with Gasteiger partial charge in [0.05, 0.1) is 18.6 Å². The van der Waals surface area contributed by atoms with E-state index in [2.05, 4.69) is 16.3 Å². The fourth-order valence-corrected chi connectivity index (χ4v) is 7.37. The number of piperazine rings is 1. The van der Waals surface area contributed by atoms with Crippen LogP contribution < -0.4 is 10.1 Å². The zero-order valence-corrected chi connectivity index (χ0v) is 19.7. The van der Waals surface area contributed by atoms with Gasteiger partial charge in [-0.3, -0.25) is 4.79 Å². The van der Waals surface area contributed by atoms with Crippen LogP contribution in [0.4, 0.5) is 4.79 Å². The van der Waals surface area contributed by atoms with Gasteiger partial charge in [-0.25, -0.2) is 4.79 Å². The lowest BCUT2D eigenvalue weighted by Gasteiger charge is -2.57. The molecule has 4 bridgehead atoms. The maximum absolute atomic E-state index is 13.6. The molecule has 4 saturated carbocycles. The number of hydrogen-bond donors (Lipinski definition) is 1. The Kier molecular flexibility index (Phi) is 5.58. The van der Waals surface area contributed by atoms with E-state index in [0.717, 1.165) is 53.9 Å². The van der Waals surface area contributed by atoms with Gasteiger partial charge in [-0.05, 0) is 76.2 Å². The number of carbonyl (C=O) groups excluding carboxylic acids is 2. The van der Waals surface area contributed by atoms with Crippen LogP contribution in [0.5, 0.6) is 5.75 Å². The molecule has 1 atom stereocenters. The maximum atomic E-state index is 13.6. The highest BCUT2D eigenvalue weighted by Gasteiger charge is 2.55. The van der Waals surface area contributed by atoms with Crippen molar-refractivity contribution in [2.45, 2.75) is 58.4 Å². The first-order chi connectivity index (χ1) is 15.4. The molecular formula is C26H37N3O3. The highest BCUT2D eigenvalue weighted by molar-refractivity contribution is 5.84. The quantitative estimate of drug-likeness (QED) is 0.767. The van der Waals surface area contributed by atoms with E-state index in [-0.39, 0.29) is 17.5 Å². The third kappa shape index (κ3) is 3.86. The van der Waals surface area contributed by atoms with Gasteiger partial charge in [0.15, 0.2) is 0 Å². The number of amides is 3. The first kappa shape index (κ1) is 21.6. The van der Waals surface area contributed by atoms with Crippen LogP contribution in [0.3, 0.4) is 0 Å². The van der Waals surface area contributed by atoms with Crippen LogP contribution >= 0.6 is 0 Å². The number of benzene rings is 1. The molecule has 6 nitrogen and oxygen atoms in total. The summed E-state index contributed by atoms with van der Waals surface area (Å²) in [6.07, 6.45) is 7.37. The van der Waals surface area contributed by atoms with Crippen molar-refractivity contribution < 1.29 is 14.3 Å². The second-order valence-corrected chi connectivity index (χ2v) is 10.9. The van der Waals surface area contributed by atoms with Gasteiger partial charge in [-0.1, -0.05) is 17.7 Å². The normalized spacial score (nSPS) is 32.0. The monoisotopic (exact) mass is 439 g/mol. The minimum atomic E-state index is -0.149. The van der Waals surface area contributed by atoms with Gasteiger partial charge >= 0.3 is 6.03 Å². The highest BCUT2D eigenvalue weighted by Crippen LogP contribution is 2.60. The van der Waals surface area contributed by atoms with Crippen molar-refractivity contribution in [3.63, 3.8) is 0 Å². The summed E-state index contributed by atoms with van der Waals surface area (Å²) < 4.78 is 5.48. The number of rotatable bonds is 4. The zero-order valence-electron chi connectivity index (χ0n) is 19.7. The summed E-state index contributed by atoms with van der Waals surface area (Å²) in [5.74, 6) is 3.50. The first-order valence-electron chi connectivity index (χ1n) is 12.4. The van der Waals surface area contributed by atoms with Crippen molar-refractivity contribution in [3.8, 4) is 5.75 Å². The Balaban J connectivity index is 1.18. The molecule has 1 heterocycles. The number of nitrogens with one attached hydrogen (secondary N) is 1. The fourth-order valence-electron chi connectivity index (χ4n) is 7.37. The Labute approximate surface area is 191 Å². The average molecular weight is 440 g/mol. The van der Waals surface area contributed by atoms with E-state index in [4.69, 9.17) is 4.74 Å². The van der Waals surface area contributed by atoms with Gasteiger partial charge < -0.3 is 19.9 Å². The number of hydrogen-bond acceptors (Lipinski definition) is 3. The molecule has 0 spiro atoms. The molecule has 0 radical (unpaired) electrons. The largest absolute Gasteiger partial charge is 0.496 e. The molecular weight excluding hydrogens is 402 g/mol. The number of urea groups is 1. The number of aryl methyl sites for hydroxylation is 1. The number of methoxy groups -OCH3 is 1. The molecule has 6 heteroatoms. The summed E-state index contributed by atoms with van der Waals surface area (Å²) in [6.45, 7) is 6.52. The van der Waals surface area contributed by atoms with Crippen LogP contribution in [0.15, 0.2) is 18.2 Å². The third-order valence-electron chi connectivity index (χ3n) is 8.54. The molecule has 32 heavy (non-hydrogen) atoms. The van der Waals surface area contributed by atoms with E-state index in [1.807, 2.05) is 30.9 Å². The smallest absolute Gasteiger partial charge is 0.317 e. The number of nitrogens with zero attached hydrogens (tertiary/aromatic N) is 2. The summed E-state index contributed by atoms with van der Waals surface area (Å²) >= 11 is 0. The van der Waals surface area contributed by atoms with Crippen LogP contribution in [0, 0.1) is 30.1 Å². The summed E-state index contributed by atoms with van der Waals surface area (Å²) in [5.41, 5.74) is 2.03. The molecule has 1 aliphatic heterocycles. The second kappa shape index (κ2) is 8.27. The van der Waals surface area contributed by atoms with Crippen molar-refractivity contribution in [2.75, 3.05) is 33.3 Å². The van der Waals surface area contributed by atoms with Gasteiger partial charge in [0.2, 0.25) is 5.91 Å². The Morgan fingerprint density at radius 2 is 1.56 bits per heavy atom. The van der Waals surface area contributed by atoms with E-state index in [9.17, 15) is 9.59 Å². The molecule has 1 N–H and O–H groups in total. The Hall–Kier alpha value is -2.24. The minimum Gasteiger partial charge on any atom is -0.496 e. The van der Waals surface area contributed by atoms with E-state index >= 15 is 0 Å². The van der Waals surface area contributed by atoms with E-state index < -0.39 is 0 Å². The van der Waals surface area contributed by atoms with Gasteiger partial charge in [0, 0.05) is 31.7 Å². The van der Waals surface area contributed by atoms with E-state index in [1.165, 1.54) is 19.3 Å². The topological polar surface area (TPSA) is 61.9 Å². The summed E-state index contributed by atoms with van der Waals surface area (Å²) in [7, 11) is 1.66. The summed E-state index contributed by atoms with van der Waals surface area (Å²) in [4.78, 5) is 30.4. The molecule has 5 aliphatic rings. The lowest BCUT2D eigenvalue weighted by atomic mass is 9.49. The molecule has 6 rings (SSSR count). The van der Waals surface area contributed by atoms with Crippen molar-refractivity contribution in [2.24, 2.45) is 23.2 Å². The highest BCUT2D eigenvalue weighted by atomic mass is 16.5. The molecule has 4 aliphatic carbocycles. The number of ether oxygens (including phenoxy) is 1. The summed E-state index contributed by atoms with van der Waals surface area (Å²) in [6, 6.07) is 5.80. The predicted molar refractivity (Wildman–Crippen MR) is 123 cm³/mol. The molecule has 1 unspecified atom stereocenters. The fraction of sp³-hybridized carbons (Fsp3) is 0.692. The van der Waals surface area contributed by atoms with Crippen LogP contribution in [-0.2, 0) is 4.79 Å². The molecule has 1 saturated heterocycles. The molecule has 5 fully saturated rings. The van der Waals surface area contributed by atoms with Crippen LogP contribution in [0.1, 0.15) is 62.6 Å². The molecule has 0 aromatic heterocycles. The van der Waals surface area contributed by atoms with Crippen molar-refractivity contribution >= 4 is 11.9 Å². The molecule has 1 aromatic carbocycles. The molecule has 1 aromatic rings. The van der Waals surface area contributed by atoms with Crippen molar-refractivity contribution in [3.05, 3.63) is 29.3 Å². The Bertz CT molecular complexity index is 855. The SMILES string of the molecule is COc1ccc(C)cc1C(C)NC(=O)N1CCN(C(=O)C23CC4CC(CC(C4)C2)C3)CC1. The standard InChI is InChI=1S/C26H37N3O3/c1-17-4-5-23(32-3)22(10-17)18(2)27-25(31)29-8-6-28(7-9-29)24(30)26-14-19-11-20(15-26)13-21(12-19)16-26/h4-5,10,18-21H,6-9,11-16H2,1-3H3,(H,27,31). The maximum Gasteiger partial charge on any atom is 0.317 e. The minimum absolute atomic E-state index is 0.0667. The van der Waals surface area contributed by atoms with Gasteiger partial charge in [-0.15, -0.1) is 0 Å². The predicted octanol–water partition coefficient (Wildman–Crippen LogP) is 4.13.